The van der Waals surface area contributed by atoms with Gasteiger partial charge in [0.1, 0.15) is 0 Å². The topological polar surface area (TPSA) is 12.4 Å². The van der Waals surface area contributed by atoms with Crippen molar-refractivity contribution < 1.29 is 0 Å². The molecule has 0 aromatic heterocycles. The number of hydrogen-bond acceptors (Lipinski definition) is 3. The van der Waals surface area contributed by atoms with Crippen LogP contribution in [0.4, 0.5) is 5.69 Å². The average molecular weight is 488 g/mol. The van der Waals surface area contributed by atoms with Crippen LogP contribution >= 0.6 is 30.6 Å². The van der Waals surface area contributed by atoms with E-state index >= 15 is 0 Å². The van der Waals surface area contributed by atoms with E-state index in [1.54, 1.807) is 0 Å². The first-order valence-electron chi connectivity index (χ1n) is 11.4. The van der Waals surface area contributed by atoms with E-state index in [-0.39, 0.29) is 0 Å². The quantitative estimate of drug-likeness (QED) is 0.175. The van der Waals surface area contributed by atoms with Gasteiger partial charge in [-0.05, 0) is 17.6 Å². The van der Waals surface area contributed by atoms with Crippen molar-refractivity contribution in [3.8, 4) is 0 Å². The van der Waals surface area contributed by atoms with E-state index in [0.717, 1.165) is 17.2 Å². The second-order valence-electron chi connectivity index (χ2n) is 7.54. The smallest absolute Gasteiger partial charge is 0.0771 e. The fourth-order valence-corrected chi connectivity index (χ4v) is 10.1. The van der Waals surface area contributed by atoms with Crippen LogP contribution < -0.4 is 15.9 Å². The molecule has 0 radical (unpaired) electrons. The maximum Gasteiger partial charge on any atom is 0.0771 e. The largest absolute Gasteiger partial charge is 0.254 e. The van der Waals surface area contributed by atoms with Gasteiger partial charge in [0.2, 0.25) is 0 Å². The molecule has 0 spiro atoms. The van der Waals surface area contributed by atoms with Crippen molar-refractivity contribution in [2.75, 3.05) is 11.5 Å². The highest BCUT2D eigenvalue weighted by atomic mass is 32.2. The lowest BCUT2D eigenvalue weighted by Crippen LogP contribution is -2.25. The molecule has 0 amide bonds. The van der Waals surface area contributed by atoms with Gasteiger partial charge >= 0.3 is 0 Å². The van der Waals surface area contributed by atoms with E-state index < -0.39 is 7.05 Å². The Morgan fingerprint density at radius 3 is 1.39 bits per heavy atom. The van der Waals surface area contributed by atoms with Crippen LogP contribution in [-0.4, -0.2) is 11.5 Å². The second-order valence-corrected chi connectivity index (χ2v) is 13.6. The summed E-state index contributed by atoms with van der Waals surface area (Å²) in [6.45, 7) is 4.48. The summed E-state index contributed by atoms with van der Waals surface area (Å²) in [4.78, 5) is 0. The fraction of sp³-hybridized carbons (Fsp3) is 0.172. The van der Waals surface area contributed by atoms with Crippen LogP contribution in [0.1, 0.15) is 24.0 Å². The van der Waals surface area contributed by atoms with Crippen LogP contribution in [0, 0.1) is 0 Å². The molecular weight excluding hydrogens is 457 g/mol. The molecule has 168 valence electrons. The molecular formula is C29H30NPS2. The van der Waals surface area contributed by atoms with Gasteiger partial charge in [-0.1, -0.05) is 123 Å². The molecule has 4 rings (SSSR count). The van der Waals surface area contributed by atoms with E-state index in [1.807, 2.05) is 23.5 Å². The molecule has 4 heteroatoms. The maximum atomic E-state index is 5.77. The van der Waals surface area contributed by atoms with E-state index in [0.29, 0.717) is 4.58 Å². The van der Waals surface area contributed by atoms with Crippen LogP contribution in [0.3, 0.4) is 0 Å². The van der Waals surface area contributed by atoms with E-state index in [1.165, 1.54) is 21.5 Å². The molecule has 0 atom stereocenters. The highest BCUT2D eigenvalue weighted by Gasteiger charge is 2.28. The molecule has 0 saturated carbocycles. The molecule has 0 unspecified atom stereocenters. The highest BCUT2D eigenvalue weighted by molar-refractivity contribution is 8.16. The number of thioether (sulfide) groups is 2. The SMILES string of the molecule is CCSC(SCC)c1ccccc1N=P(c1ccccc1)(c1ccccc1)c1ccccc1. The van der Waals surface area contributed by atoms with Gasteiger partial charge < -0.3 is 0 Å². The molecule has 0 bridgehead atoms. The zero-order valence-corrected chi connectivity index (χ0v) is 21.7. The van der Waals surface area contributed by atoms with Crippen LogP contribution in [0.25, 0.3) is 0 Å². The Morgan fingerprint density at radius 2 is 0.970 bits per heavy atom. The Kier molecular flexibility index (Phi) is 8.56. The Hall–Kier alpha value is -2.19. The first kappa shape index (κ1) is 24.0. The Labute approximate surface area is 207 Å². The summed E-state index contributed by atoms with van der Waals surface area (Å²) in [6, 6.07) is 41.4. The van der Waals surface area contributed by atoms with Crippen molar-refractivity contribution >= 4 is 52.2 Å². The predicted molar refractivity (Wildman–Crippen MR) is 153 cm³/mol. The Morgan fingerprint density at radius 1 is 0.576 bits per heavy atom. The monoisotopic (exact) mass is 487 g/mol. The first-order valence-corrected chi connectivity index (χ1v) is 15.2. The lowest BCUT2D eigenvalue weighted by atomic mass is 10.2. The molecule has 0 aliphatic heterocycles. The third kappa shape index (κ3) is 5.32. The van der Waals surface area contributed by atoms with Crippen molar-refractivity contribution in [1.29, 1.82) is 0 Å². The van der Waals surface area contributed by atoms with Crippen LogP contribution in [0.15, 0.2) is 120 Å². The third-order valence-electron chi connectivity index (χ3n) is 5.47. The minimum atomic E-state index is -2.27. The zero-order valence-electron chi connectivity index (χ0n) is 19.2. The second kappa shape index (κ2) is 11.8. The number of nitrogens with zero attached hydrogens (tertiary/aromatic N) is 1. The summed E-state index contributed by atoms with van der Waals surface area (Å²) in [5, 5.41) is 3.83. The Balaban J connectivity index is 2.08. The molecule has 4 aromatic carbocycles. The van der Waals surface area contributed by atoms with Crippen molar-refractivity contribution in [1.82, 2.24) is 0 Å². The zero-order chi connectivity index (χ0) is 22.9. The van der Waals surface area contributed by atoms with Crippen molar-refractivity contribution in [3.63, 3.8) is 0 Å². The summed E-state index contributed by atoms with van der Waals surface area (Å²) in [5.41, 5.74) is 2.43. The van der Waals surface area contributed by atoms with Crippen molar-refractivity contribution in [2.24, 2.45) is 4.74 Å². The predicted octanol–water partition coefficient (Wildman–Crippen LogP) is 8.00. The molecule has 0 N–H and O–H groups in total. The van der Waals surface area contributed by atoms with Gasteiger partial charge in [0.25, 0.3) is 0 Å². The van der Waals surface area contributed by atoms with E-state index in [4.69, 9.17) is 4.74 Å². The first-order chi connectivity index (χ1) is 16.3. The summed E-state index contributed by atoms with van der Waals surface area (Å²) >= 11 is 3.99. The summed E-state index contributed by atoms with van der Waals surface area (Å²) in [5.74, 6) is 2.17. The number of benzene rings is 4. The number of rotatable bonds is 9. The van der Waals surface area contributed by atoms with Crippen LogP contribution in [-0.2, 0) is 0 Å². The molecule has 4 aromatic rings. The average Bonchev–Trinajstić information content (AvgIpc) is 2.89. The summed E-state index contributed by atoms with van der Waals surface area (Å²) in [6.07, 6.45) is 0. The lowest BCUT2D eigenvalue weighted by molar-refractivity contribution is 1.32. The normalized spacial score (nSPS) is 11.5. The molecule has 0 aliphatic carbocycles. The minimum Gasteiger partial charge on any atom is -0.254 e. The van der Waals surface area contributed by atoms with Gasteiger partial charge in [0, 0.05) is 21.5 Å². The lowest BCUT2D eigenvalue weighted by Gasteiger charge is -2.28. The fourth-order valence-electron chi connectivity index (χ4n) is 4.02. The van der Waals surface area contributed by atoms with Crippen molar-refractivity contribution in [3.05, 3.63) is 121 Å². The van der Waals surface area contributed by atoms with Crippen LogP contribution in [0.2, 0.25) is 0 Å². The van der Waals surface area contributed by atoms with Crippen LogP contribution in [0.5, 0.6) is 0 Å². The van der Waals surface area contributed by atoms with Crippen molar-refractivity contribution in [2.45, 2.75) is 18.4 Å². The molecule has 0 heterocycles. The molecule has 33 heavy (non-hydrogen) atoms. The standard InChI is InChI=1S/C29H30NPS2/c1-3-32-29(33-4-2)27-22-14-15-23-28(27)30-31(24-16-8-5-9-17-24,25-18-10-6-11-19-25)26-20-12-7-13-21-26/h5-23,29H,3-4H2,1-2H3. The molecule has 0 saturated heterocycles. The Bertz CT molecular complexity index is 1080. The maximum absolute atomic E-state index is 5.77. The highest BCUT2D eigenvalue weighted by Crippen LogP contribution is 2.52. The summed E-state index contributed by atoms with van der Waals surface area (Å²) < 4.78 is 6.15. The van der Waals surface area contributed by atoms with E-state index in [2.05, 4.69) is 129 Å². The van der Waals surface area contributed by atoms with Gasteiger partial charge in [0.15, 0.2) is 0 Å². The summed E-state index contributed by atoms with van der Waals surface area (Å²) in [7, 11) is -2.27. The van der Waals surface area contributed by atoms with Gasteiger partial charge in [-0.2, -0.15) is 0 Å². The van der Waals surface area contributed by atoms with Gasteiger partial charge in [-0.3, -0.25) is 4.74 Å². The van der Waals surface area contributed by atoms with Gasteiger partial charge in [-0.25, -0.2) is 0 Å². The molecule has 0 aliphatic rings. The van der Waals surface area contributed by atoms with Gasteiger partial charge in [-0.15, -0.1) is 23.5 Å². The third-order valence-corrected chi connectivity index (χ3v) is 11.7. The molecule has 1 nitrogen and oxygen atoms in total. The minimum absolute atomic E-state index is 0.379. The molecule has 0 fully saturated rings. The number of hydrogen-bond donors (Lipinski definition) is 0. The van der Waals surface area contributed by atoms with E-state index in [9.17, 15) is 0 Å². The van der Waals surface area contributed by atoms with Gasteiger partial charge in [0.05, 0.1) is 17.3 Å².